The van der Waals surface area contributed by atoms with E-state index in [0.29, 0.717) is 5.92 Å². The van der Waals surface area contributed by atoms with Gasteiger partial charge in [0.2, 0.25) is 0 Å². The lowest BCUT2D eigenvalue weighted by molar-refractivity contribution is 0.456. The van der Waals surface area contributed by atoms with E-state index in [1.54, 1.807) is 0 Å². The van der Waals surface area contributed by atoms with Gasteiger partial charge in [0.1, 0.15) is 0 Å². The fourth-order valence-corrected chi connectivity index (χ4v) is 4.07. The van der Waals surface area contributed by atoms with Gasteiger partial charge in [0, 0.05) is 9.79 Å². The summed E-state index contributed by atoms with van der Waals surface area (Å²) in [6.45, 7) is 6.66. The molecule has 0 amide bonds. The van der Waals surface area contributed by atoms with Gasteiger partial charge in [-0.15, -0.1) is 0 Å². The number of hydrogen-bond acceptors (Lipinski definition) is 2. The molecule has 0 bridgehead atoms. The molecule has 1 fully saturated rings. The van der Waals surface area contributed by atoms with Crippen LogP contribution in [0.3, 0.4) is 0 Å². The fourth-order valence-electron chi connectivity index (χ4n) is 2.95. The van der Waals surface area contributed by atoms with Crippen LogP contribution in [-0.2, 0) is 0 Å². The van der Waals surface area contributed by atoms with Crippen LogP contribution in [0.2, 0.25) is 0 Å². The van der Waals surface area contributed by atoms with Crippen LogP contribution in [0, 0.1) is 13.8 Å². The summed E-state index contributed by atoms with van der Waals surface area (Å²) in [6.07, 6.45) is 2.51. The Balaban J connectivity index is 1.86. The first-order chi connectivity index (χ1) is 10.2. The third kappa shape index (κ3) is 3.50. The number of aryl methyl sites for hydroxylation is 2. The van der Waals surface area contributed by atoms with Crippen molar-refractivity contribution in [3.05, 3.63) is 59.2 Å². The minimum atomic E-state index is 0.710. The largest absolute Gasteiger partial charge is 0.317 e. The molecule has 1 saturated heterocycles. The molecule has 2 aromatic rings. The molecule has 1 aliphatic heterocycles. The van der Waals surface area contributed by atoms with Crippen molar-refractivity contribution in [3.8, 4) is 0 Å². The van der Waals surface area contributed by atoms with Crippen molar-refractivity contribution in [1.82, 2.24) is 5.32 Å². The van der Waals surface area contributed by atoms with Crippen molar-refractivity contribution in [2.45, 2.75) is 42.4 Å². The van der Waals surface area contributed by atoms with Crippen molar-refractivity contribution in [2.75, 3.05) is 13.1 Å². The number of rotatable bonds is 3. The lowest BCUT2D eigenvalue weighted by atomic mass is 9.90. The van der Waals surface area contributed by atoms with Gasteiger partial charge < -0.3 is 5.32 Å². The maximum atomic E-state index is 3.46. The minimum absolute atomic E-state index is 0.710. The Morgan fingerprint density at radius 3 is 2.48 bits per heavy atom. The lowest BCUT2D eigenvalue weighted by Gasteiger charge is -2.25. The Kier molecular flexibility index (Phi) is 4.67. The maximum absolute atomic E-state index is 3.46. The molecule has 0 atom stereocenters. The normalized spacial score (nSPS) is 16.1. The van der Waals surface area contributed by atoms with Gasteiger partial charge in [-0.2, -0.15) is 0 Å². The summed E-state index contributed by atoms with van der Waals surface area (Å²) in [7, 11) is 0. The Morgan fingerprint density at radius 2 is 1.71 bits per heavy atom. The van der Waals surface area contributed by atoms with Crippen LogP contribution in [-0.4, -0.2) is 13.1 Å². The van der Waals surface area contributed by atoms with Gasteiger partial charge in [-0.25, -0.2) is 0 Å². The van der Waals surface area contributed by atoms with Crippen LogP contribution in [0.5, 0.6) is 0 Å². The summed E-state index contributed by atoms with van der Waals surface area (Å²) in [5.41, 5.74) is 4.27. The first-order valence-corrected chi connectivity index (χ1v) is 8.60. The van der Waals surface area contributed by atoms with Crippen molar-refractivity contribution in [1.29, 1.82) is 0 Å². The predicted octanol–water partition coefficient (Wildman–Crippen LogP) is 4.92. The van der Waals surface area contributed by atoms with Crippen molar-refractivity contribution >= 4 is 11.8 Å². The first kappa shape index (κ1) is 14.7. The summed E-state index contributed by atoms with van der Waals surface area (Å²) in [6, 6.07) is 15.7. The molecular formula is C19H23NS. The van der Waals surface area contributed by atoms with Gasteiger partial charge in [-0.3, -0.25) is 0 Å². The van der Waals surface area contributed by atoms with Gasteiger partial charge in [-0.05, 0) is 80.6 Å². The molecule has 0 saturated carbocycles. The Hall–Kier alpha value is -1.25. The number of piperidine rings is 1. The molecule has 3 rings (SSSR count). The highest BCUT2D eigenvalue weighted by molar-refractivity contribution is 7.99. The molecule has 110 valence electrons. The molecule has 0 aromatic heterocycles. The van der Waals surface area contributed by atoms with Crippen LogP contribution >= 0.6 is 11.8 Å². The zero-order valence-corrected chi connectivity index (χ0v) is 13.7. The van der Waals surface area contributed by atoms with Crippen LogP contribution in [0.1, 0.15) is 35.4 Å². The molecule has 1 N–H and O–H groups in total. The molecule has 0 aliphatic carbocycles. The van der Waals surface area contributed by atoms with Crippen LogP contribution in [0.25, 0.3) is 0 Å². The van der Waals surface area contributed by atoms with Crippen molar-refractivity contribution in [3.63, 3.8) is 0 Å². The molecule has 1 heterocycles. The van der Waals surface area contributed by atoms with E-state index in [1.165, 1.54) is 39.3 Å². The second-order valence-electron chi connectivity index (χ2n) is 5.91. The highest BCUT2D eigenvalue weighted by Gasteiger charge is 2.18. The van der Waals surface area contributed by atoms with Crippen LogP contribution < -0.4 is 5.32 Å². The first-order valence-electron chi connectivity index (χ1n) is 7.79. The molecule has 1 nitrogen and oxygen atoms in total. The summed E-state index contributed by atoms with van der Waals surface area (Å²) >= 11 is 1.91. The second-order valence-corrected chi connectivity index (χ2v) is 7.03. The Morgan fingerprint density at radius 1 is 0.952 bits per heavy atom. The molecule has 2 heteroatoms. The van der Waals surface area contributed by atoms with Crippen molar-refractivity contribution < 1.29 is 0 Å². The molecule has 2 aromatic carbocycles. The van der Waals surface area contributed by atoms with E-state index >= 15 is 0 Å². The topological polar surface area (TPSA) is 12.0 Å². The highest BCUT2D eigenvalue weighted by atomic mass is 32.2. The smallest absolute Gasteiger partial charge is 0.0157 e. The molecule has 21 heavy (non-hydrogen) atoms. The number of nitrogens with one attached hydrogen (secondary N) is 1. The van der Waals surface area contributed by atoms with E-state index in [4.69, 9.17) is 0 Å². The van der Waals surface area contributed by atoms with Crippen molar-refractivity contribution in [2.24, 2.45) is 0 Å². The standard InChI is InChI=1S/C19H23NS/c1-14-7-8-17(13-15(14)2)21-19-6-4-3-5-18(19)16-9-11-20-12-10-16/h3-8,13,16,20H,9-12H2,1-2H3. The van der Waals surface area contributed by atoms with E-state index in [2.05, 4.69) is 61.6 Å². The lowest BCUT2D eigenvalue weighted by Crippen LogP contribution is -2.26. The van der Waals surface area contributed by atoms with Gasteiger partial charge in [-0.1, -0.05) is 36.0 Å². The summed E-state index contributed by atoms with van der Waals surface area (Å²) < 4.78 is 0. The number of benzene rings is 2. The van der Waals surface area contributed by atoms with Gasteiger partial charge >= 0.3 is 0 Å². The average Bonchev–Trinajstić information content (AvgIpc) is 2.52. The van der Waals surface area contributed by atoms with E-state index in [-0.39, 0.29) is 0 Å². The quantitative estimate of drug-likeness (QED) is 0.863. The zero-order chi connectivity index (χ0) is 14.7. The van der Waals surface area contributed by atoms with E-state index in [0.717, 1.165) is 13.1 Å². The minimum Gasteiger partial charge on any atom is -0.317 e. The zero-order valence-electron chi connectivity index (χ0n) is 12.9. The molecular weight excluding hydrogens is 274 g/mol. The predicted molar refractivity (Wildman–Crippen MR) is 91.3 cm³/mol. The van der Waals surface area contributed by atoms with Gasteiger partial charge in [0.25, 0.3) is 0 Å². The van der Waals surface area contributed by atoms with E-state index < -0.39 is 0 Å². The van der Waals surface area contributed by atoms with Crippen LogP contribution in [0.15, 0.2) is 52.3 Å². The maximum Gasteiger partial charge on any atom is 0.0157 e. The fraction of sp³-hybridized carbons (Fsp3) is 0.368. The molecule has 0 radical (unpaired) electrons. The third-order valence-electron chi connectivity index (χ3n) is 4.40. The monoisotopic (exact) mass is 297 g/mol. The Bertz CT molecular complexity index is 615. The summed E-state index contributed by atoms with van der Waals surface area (Å²) in [5.74, 6) is 0.710. The molecule has 0 unspecified atom stereocenters. The molecule has 1 aliphatic rings. The second kappa shape index (κ2) is 6.67. The van der Waals surface area contributed by atoms with Gasteiger partial charge in [0.15, 0.2) is 0 Å². The van der Waals surface area contributed by atoms with E-state index in [1.807, 2.05) is 11.8 Å². The summed E-state index contributed by atoms with van der Waals surface area (Å²) in [5, 5.41) is 3.46. The molecule has 0 spiro atoms. The average molecular weight is 297 g/mol. The third-order valence-corrected chi connectivity index (χ3v) is 5.49. The number of hydrogen-bond donors (Lipinski definition) is 1. The van der Waals surface area contributed by atoms with E-state index in [9.17, 15) is 0 Å². The SMILES string of the molecule is Cc1ccc(Sc2ccccc2C2CCNCC2)cc1C. The van der Waals surface area contributed by atoms with Gasteiger partial charge in [0.05, 0.1) is 0 Å². The Labute approximate surface area is 132 Å². The summed E-state index contributed by atoms with van der Waals surface area (Å²) in [4.78, 5) is 2.77. The van der Waals surface area contributed by atoms with Crippen LogP contribution in [0.4, 0.5) is 0 Å². The highest BCUT2D eigenvalue weighted by Crippen LogP contribution is 2.37.